The summed E-state index contributed by atoms with van der Waals surface area (Å²) in [7, 11) is 0. The fourth-order valence-electron chi connectivity index (χ4n) is 2.37. The summed E-state index contributed by atoms with van der Waals surface area (Å²) in [6, 6.07) is 17.9. The van der Waals surface area contributed by atoms with Crippen molar-refractivity contribution in [1.29, 1.82) is 0 Å². The van der Waals surface area contributed by atoms with Crippen molar-refractivity contribution in [2.24, 2.45) is 0 Å². The predicted octanol–water partition coefficient (Wildman–Crippen LogP) is 4.03. The Morgan fingerprint density at radius 1 is 1.10 bits per heavy atom. The fourth-order valence-corrected chi connectivity index (χ4v) is 2.37. The number of cyclic esters (lactones) is 1. The van der Waals surface area contributed by atoms with Gasteiger partial charge in [-0.2, -0.15) is 0 Å². The van der Waals surface area contributed by atoms with E-state index in [0.29, 0.717) is 6.61 Å². The maximum Gasteiger partial charge on any atom is 0.415 e. The smallest absolute Gasteiger partial charge is 0.415 e. The van der Waals surface area contributed by atoms with Gasteiger partial charge < -0.3 is 4.74 Å². The van der Waals surface area contributed by atoms with E-state index in [4.69, 9.17) is 4.74 Å². The summed E-state index contributed by atoms with van der Waals surface area (Å²) in [5.41, 5.74) is 3.15. The lowest BCUT2D eigenvalue weighted by atomic mass is 10.1. The lowest BCUT2D eigenvalue weighted by molar-refractivity contribution is 0.180. The Bertz CT molecular complexity index is 647. The Labute approximate surface area is 124 Å². The average molecular weight is 279 g/mol. The molecule has 1 atom stereocenters. The Kier molecular flexibility index (Phi) is 3.73. The Morgan fingerprint density at radius 2 is 1.81 bits per heavy atom. The second kappa shape index (κ2) is 5.83. The molecule has 1 aliphatic rings. The van der Waals surface area contributed by atoms with Gasteiger partial charge in [-0.1, -0.05) is 60.2 Å². The van der Waals surface area contributed by atoms with E-state index in [-0.39, 0.29) is 12.1 Å². The van der Waals surface area contributed by atoms with Gasteiger partial charge in [-0.05, 0) is 24.6 Å². The number of amides is 1. The predicted molar refractivity (Wildman–Crippen MR) is 84.3 cm³/mol. The number of carbonyl (C=O) groups excluding carboxylic acids is 1. The SMILES string of the molecule is Cc1ccc(N2C(=O)OC[C@@H]2/C=C/c2ccccc2)cc1. The van der Waals surface area contributed by atoms with Gasteiger partial charge >= 0.3 is 6.09 Å². The molecule has 0 aliphatic carbocycles. The monoisotopic (exact) mass is 279 g/mol. The summed E-state index contributed by atoms with van der Waals surface area (Å²) in [5, 5.41) is 0. The van der Waals surface area contributed by atoms with E-state index in [2.05, 4.69) is 0 Å². The summed E-state index contributed by atoms with van der Waals surface area (Å²) >= 11 is 0. The minimum absolute atomic E-state index is 0.0691. The minimum Gasteiger partial charge on any atom is -0.447 e. The Hall–Kier alpha value is -2.55. The number of benzene rings is 2. The maximum atomic E-state index is 12.0. The molecule has 3 nitrogen and oxygen atoms in total. The van der Waals surface area contributed by atoms with Gasteiger partial charge in [-0.3, -0.25) is 4.90 Å². The normalized spacial score (nSPS) is 18.2. The van der Waals surface area contributed by atoms with Crippen LogP contribution in [-0.4, -0.2) is 18.7 Å². The van der Waals surface area contributed by atoms with Crippen LogP contribution in [0.5, 0.6) is 0 Å². The molecular formula is C18H17NO2. The number of nitrogens with zero attached hydrogens (tertiary/aromatic N) is 1. The van der Waals surface area contributed by atoms with Crippen LogP contribution in [0.3, 0.4) is 0 Å². The molecule has 1 amide bonds. The van der Waals surface area contributed by atoms with Crippen molar-refractivity contribution >= 4 is 17.9 Å². The van der Waals surface area contributed by atoms with Gasteiger partial charge in [-0.25, -0.2) is 4.79 Å². The lowest BCUT2D eigenvalue weighted by Crippen LogP contribution is -2.31. The second-order valence-electron chi connectivity index (χ2n) is 5.12. The number of anilines is 1. The van der Waals surface area contributed by atoms with E-state index >= 15 is 0 Å². The zero-order valence-electron chi connectivity index (χ0n) is 11.9. The number of hydrogen-bond donors (Lipinski definition) is 0. The largest absolute Gasteiger partial charge is 0.447 e. The van der Waals surface area contributed by atoms with Crippen molar-refractivity contribution in [3.05, 3.63) is 71.8 Å². The molecule has 1 fully saturated rings. The molecule has 106 valence electrons. The highest BCUT2D eigenvalue weighted by molar-refractivity contribution is 5.91. The first-order valence-corrected chi connectivity index (χ1v) is 7.00. The molecule has 0 saturated carbocycles. The molecule has 1 saturated heterocycles. The molecule has 1 heterocycles. The van der Waals surface area contributed by atoms with Gasteiger partial charge in [0.15, 0.2) is 0 Å². The van der Waals surface area contributed by atoms with E-state index in [1.54, 1.807) is 4.90 Å². The quantitative estimate of drug-likeness (QED) is 0.848. The number of ether oxygens (including phenoxy) is 1. The first-order valence-electron chi connectivity index (χ1n) is 7.00. The maximum absolute atomic E-state index is 12.0. The van der Waals surface area contributed by atoms with Crippen molar-refractivity contribution in [2.45, 2.75) is 13.0 Å². The summed E-state index contributed by atoms with van der Waals surface area (Å²) in [4.78, 5) is 13.6. The number of hydrogen-bond acceptors (Lipinski definition) is 2. The molecule has 1 aliphatic heterocycles. The summed E-state index contributed by atoms with van der Waals surface area (Å²) in [6.45, 7) is 2.41. The van der Waals surface area contributed by atoms with Crippen LogP contribution in [0.1, 0.15) is 11.1 Å². The molecule has 0 unspecified atom stereocenters. The van der Waals surface area contributed by atoms with Gasteiger partial charge in [0.25, 0.3) is 0 Å². The summed E-state index contributed by atoms with van der Waals surface area (Å²) in [6.07, 6.45) is 3.75. The molecule has 0 bridgehead atoms. The van der Waals surface area contributed by atoms with Crippen LogP contribution in [0.15, 0.2) is 60.7 Å². The van der Waals surface area contributed by atoms with Gasteiger partial charge in [0.2, 0.25) is 0 Å². The Balaban J connectivity index is 1.83. The number of aryl methyl sites for hydroxylation is 1. The van der Waals surface area contributed by atoms with Gasteiger partial charge in [0.1, 0.15) is 6.61 Å². The molecule has 0 N–H and O–H groups in total. The topological polar surface area (TPSA) is 29.5 Å². The first-order chi connectivity index (χ1) is 10.2. The molecule has 21 heavy (non-hydrogen) atoms. The second-order valence-corrected chi connectivity index (χ2v) is 5.12. The summed E-state index contributed by atoms with van der Waals surface area (Å²) in [5.74, 6) is 0. The van der Waals surface area contributed by atoms with Crippen molar-refractivity contribution in [1.82, 2.24) is 0 Å². The van der Waals surface area contributed by atoms with Crippen LogP contribution in [0.2, 0.25) is 0 Å². The van der Waals surface area contributed by atoms with Crippen LogP contribution in [0.4, 0.5) is 10.5 Å². The zero-order valence-corrected chi connectivity index (χ0v) is 11.9. The molecule has 3 rings (SSSR count). The minimum atomic E-state index is -0.290. The van der Waals surface area contributed by atoms with Crippen molar-refractivity contribution < 1.29 is 9.53 Å². The standard InChI is InChI=1S/C18H17NO2/c1-14-7-10-16(11-8-14)19-17(13-21-18(19)20)12-9-15-5-3-2-4-6-15/h2-12,17H,13H2,1H3/b12-9+/t17-/m0/s1. The molecule has 0 aromatic heterocycles. The van der Waals surface area contributed by atoms with Crippen molar-refractivity contribution in [3.63, 3.8) is 0 Å². The van der Waals surface area contributed by atoms with Crippen molar-refractivity contribution in [3.8, 4) is 0 Å². The van der Waals surface area contributed by atoms with Gasteiger partial charge in [-0.15, -0.1) is 0 Å². The fraction of sp³-hybridized carbons (Fsp3) is 0.167. The molecule has 3 heteroatoms. The van der Waals surface area contributed by atoms with Crippen LogP contribution in [0.25, 0.3) is 6.08 Å². The van der Waals surface area contributed by atoms with Crippen LogP contribution < -0.4 is 4.90 Å². The van der Waals surface area contributed by atoms with E-state index in [9.17, 15) is 4.79 Å². The average Bonchev–Trinajstić information content (AvgIpc) is 2.88. The highest BCUT2D eigenvalue weighted by Crippen LogP contribution is 2.24. The third-order valence-corrected chi connectivity index (χ3v) is 3.53. The van der Waals surface area contributed by atoms with Crippen LogP contribution in [0, 0.1) is 6.92 Å². The molecule has 0 radical (unpaired) electrons. The van der Waals surface area contributed by atoms with E-state index in [1.807, 2.05) is 73.7 Å². The van der Waals surface area contributed by atoms with E-state index in [0.717, 1.165) is 11.3 Å². The number of rotatable bonds is 3. The van der Waals surface area contributed by atoms with Gasteiger partial charge in [0.05, 0.1) is 6.04 Å². The molecule has 2 aromatic carbocycles. The van der Waals surface area contributed by atoms with Gasteiger partial charge in [0, 0.05) is 5.69 Å². The molecule has 0 spiro atoms. The third kappa shape index (κ3) is 2.97. The Morgan fingerprint density at radius 3 is 2.52 bits per heavy atom. The zero-order chi connectivity index (χ0) is 14.7. The van der Waals surface area contributed by atoms with Crippen molar-refractivity contribution in [2.75, 3.05) is 11.5 Å². The number of carbonyl (C=O) groups is 1. The highest BCUT2D eigenvalue weighted by atomic mass is 16.6. The highest BCUT2D eigenvalue weighted by Gasteiger charge is 2.32. The van der Waals surface area contributed by atoms with E-state index in [1.165, 1.54) is 5.56 Å². The lowest BCUT2D eigenvalue weighted by Gasteiger charge is -2.19. The van der Waals surface area contributed by atoms with E-state index < -0.39 is 0 Å². The summed E-state index contributed by atoms with van der Waals surface area (Å²) < 4.78 is 5.19. The molecular weight excluding hydrogens is 262 g/mol. The third-order valence-electron chi connectivity index (χ3n) is 3.53. The first kappa shape index (κ1) is 13.4. The van der Waals surface area contributed by atoms with Crippen LogP contribution >= 0.6 is 0 Å². The molecule has 2 aromatic rings. The van der Waals surface area contributed by atoms with Crippen LogP contribution in [-0.2, 0) is 4.74 Å².